The van der Waals surface area contributed by atoms with Crippen molar-refractivity contribution >= 4 is 45.8 Å². The van der Waals surface area contributed by atoms with Gasteiger partial charge in [-0.1, -0.05) is 35.9 Å². The molecule has 2 fully saturated rings. The third-order valence-electron chi connectivity index (χ3n) is 9.36. The summed E-state index contributed by atoms with van der Waals surface area (Å²) < 4.78 is 6.29. The summed E-state index contributed by atoms with van der Waals surface area (Å²) in [7, 11) is 4.15. The maximum absolute atomic E-state index is 12.8. The minimum Gasteiger partial charge on any atom is -0.478 e. The van der Waals surface area contributed by atoms with Crippen molar-refractivity contribution in [3.63, 3.8) is 0 Å². The van der Waals surface area contributed by atoms with E-state index in [0.717, 1.165) is 89.5 Å². The monoisotopic (exact) mass is 618 g/mol. The average molecular weight is 619 g/mol. The van der Waals surface area contributed by atoms with Crippen LogP contribution >= 0.6 is 11.6 Å². The van der Waals surface area contributed by atoms with E-state index >= 15 is 0 Å². The Hall–Kier alpha value is -3.89. The summed E-state index contributed by atoms with van der Waals surface area (Å²) in [6.45, 7) is 5.43. The predicted molar refractivity (Wildman–Crippen MR) is 172 cm³/mol. The number of carboxylic acids is 1. The molecule has 3 aromatic rings. The Morgan fingerprint density at radius 3 is 2.70 bits per heavy atom. The van der Waals surface area contributed by atoms with Gasteiger partial charge in [-0.05, 0) is 63.7 Å². The van der Waals surface area contributed by atoms with Crippen LogP contribution in [0.2, 0.25) is 5.02 Å². The smallest absolute Gasteiger partial charge is 0.328 e. The Morgan fingerprint density at radius 1 is 1.16 bits per heavy atom. The van der Waals surface area contributed by atoms with Crippen molar-refractivity contribution < 1.29 is 19.4 Å². The van der Waals surface area contributed by atoms with Gasteiger partial charge in [-0.15, -0.1) is 0 Å². The van der Waals surface area contributed by atoms with Gasteiger partial charge < -0.3 is 29.4 Å². The van der Waals surface area contributed by atoms with Crippen LogP contribution < -0.4 is 14.5 Å². The molecule has 0 radical (unpaired) electrons. The zero-order valence-corrected chi connectivity index (χ0v) is 26.2. The van der Waals surface area contributed by atoms with Crippen LogP contribution in [0, 0.1) is 0 Å². The van der Waals surface area contributed by atoms with Gasteiger partial charge in [0.2, 0.25) is 5.91 Å². The number of hydrogen-bond donors (Lipinski definition) is 1. The van der Waals surface area contributed by atoms with Gasteiger partial charge in [-0.2, -0.15) is 9.97 Å². The van der Waals surface area contributed by atoms with Crippen LogP contribution in [-0.4, -0.2) is 95.2 Å². The molecule has 10 nitrogen and oxygen atoms in total. The second-order valence-electron chi connectivity index (χ2n) is 12.1. The number of aliphatic carboxylic acids is 1. The number of hydrogen-bond acceptors (Lipinski definition) is 8. The molecular weight excluding hydrogens is 580 g/mol. The molecule has 3 atom stereocenters. The van der Waals surface area contributed by atoms with Crippen LogP contribution in [0.5, 0.6) is 6.01 Å². The first-order valence-electron chi connectivity index (χ1n) is 15.3. The summed E-state index contributed by atoms with van der Waals surface area (Å²) in [6, 6.07) is 12.9. The molecule has 4 heterocycles. The number of amides is 1. The second-order valence-corrected chi connectivity index (χ2v) is 12.5. The lowest BCUT2D eigenvalue weighted by atomic mass is 10.0. The fourth-order valence-electron chi connectivity index (χ4n) is 6.85. The topological polar surface area (TPSA) is 102 Å². The number of benzene rings is 2. The molecule has 11 heteroatoms. The third-order valence-corrected chi connectivity index (χ3v) is 9.67. The zero-order valence-electron chi connectivity index (χ0n) is 25.4. The van der Waals surface area contributed by atoms with Crippen molar-refractivity contribution in [1.82, 2.24) is 19.8 Å². The summed E-state index contributed by atoms with van der Waals surface area (Å²) in [5, 5.41) is 11.8. The number of halogens is 1. The molecule has 1 aromatic heterocycles. The SMILES string of the molecule is C[C@H]1C[C@H](N(C)c2nc(OCC3CCCN3C)nc3c2CCN(c2cccc4cccc(Cl)c24)C3)CN1C(=O)/C=C/C(=O)O. The Labute approximate surface area is 262 Å². The normalized spacial score (nSPS) is 22.1. The van der Waals surface area contributed by atoms with E-state index < -0.39 is 5.97 Å². The van der Waals surface area contributed by atoms with Gasteiger partial charge in [0, 0.05) is 67.1 Å². The number of ether oxygens (including phenoxy) is 1. The molecule has 232 valence electrons. The van der Waals surface area contributed by atoms with Gasteiger partial charge in [-0.25, -0.2) is 4.79 Å². The van der Waals surface area contributed by atoms with Crippen LogP contribution in [0.1, 0.15) is 37.4 Å². The molecule has 44 heavy (non-hydrogen) atoms. The van der Waals surface area contributed by atoms with Crippen molar-refractivity contribution in [2.75, 3.05) is 50.1 Å². The van der Waals surface area contributed by atoms with Crippen molar-refractivity contribution in [2.45, 2.75) is 57.3 Å². The van der Waals surface area contributed by atoms with E-state index in [4.69, 9.17) is 31.4 Å². The minimum atomic E-state index is -1.14. The number of carbonyl (C=O) groups is 2. The molecule has 3 aliphatic heterocycles. The predicted octanol–water partition coefficient (Wildman–Crippen LogP) is 4.39. The van der Waals surface area contributed by atoms with Crippen LogP contribution in [0.15, 0.2) is 48.6 Å². The summed E-state index contributed by atoms with van der Waals surface area (Å²) >= 11 is 6.70. The van der Waals surface area contributed by atoms with Crippen molar-refractivity contribution in [2.24, 2.45) is 0 Å². The van der Waals surface area contributed by atoms with E-state index in [1.165, 1.54) is 0 Å². The summed E-state index contributed by atoms with van der Waals surface area (Å²) in [4.78, 5) is 42.2. The highest BCUT2D eigenvalue weighted by Crippen LogP contribution is 2.37. The first kappa shape index (κ1) is 30.1. The largest absolute Gasteiger partial charge is 0.478 e. The highest BCUT2D eigenvalue weighted by Gasteiger charge is 2.36. The maximum Gasteiger partial charge on any atom is 0.328 e. The number of carbonyl (C=O) groups excluding carboxylic acids is 1. The number of rotatable bonds is 8. The van der Waals surface area contributed by atoms with Gasteiger partial charge in [0.1, 0.15) is 12.4 Å². The molecule has 1 N–H and O–H groups in total. The molecule has 6 rings (SSSR count). The number of fused-ring (bicyclic) bond motifs is 2. The second kappa shape index (κ2) is 12.6. The van der Waals surface area contributed by atoms with E-state index in [1.54, 1.807) is 4.90 Å². The summed E-state index contributed by atoms with van der Waals surface area (Å²) in [6.07, 6.45) is 5.76. The number of aromatic nitrogens is 2. The number of nitrogens with zero attached hydrogens (tertiary/aromatic N) is 6. The van der Waals surface area contributed by atoms with E-state index in [-0.39, 0.29) is 18.0 Å². The molecule has 0 aliphatic carbocycles. The Kier molecular flexibility index (Phi) is 8.64. The van der Waals surface area contributed by atoms with Crippen LogP contribution in [0.25, 0.3) is 10.8 Å². The Balaban J connectivity index is 1.31. The van der Waals surface area contributed by atoms with Crippen LogP contribution in [-0.2, 0) is 22.6 Å². The lowest BCUT2D eigenvalue weighted by Gasteiger charge is -2.35. The first-order chi connectivity index (χ1) is 21.2. The van der Waals surface area contributed by atoms with Crippen molar-refractivity contribution in [3.8, 4) is 6.01 Å². The maximum atomic E-state index is 12.8. The number of carboxylic acid groups (broad SMARTS) is 1. The van der Waals surface area contributed by atoms with Gasteiger partial charge >= 0.3 is 12.0 Å². The third kappa shape index (κ3) is 6.05. The number of anilines is 2. The van der Waals surface area contributed by atoms with Crippen LogP contribution in [0.4, 0.5) is 11.5 Å². The van der Waals surface area contributed by atoms with E-state index in [9.17, 15) is 9.59 Å². The fourth-order valence-corrected chi connectivity index (χ4v) is 7.13. The molecule has 2 aromatic carbocycles. The van der Waals surface area contributed by atoms with Gasteiger partial charge in [0.15, 0.2) is 0 Å². The summed E-state index contributed by atoms with van der Waals surface area (Å²) in [5.74, 6) is -0.606. The Bertz CT molecular complexity index is 1590. The van der Waals surface area contributed by atoms with Gasteiger partial charge in [0.25, 0.3) is 0 Å². The standard InChI is InChI=1S/C33H39ClN6O4/c1-21-17-24(18-40(21)29(41)12-13-30(42)43)38(3)32-25-14-16-39(28-11-5-8-22-7-4-10-26(34)31(22)28)19-27(25)35-33(36-32)44-20-23-9-6-15-37(23)2/h4-5,7-8,10-13,21,23-24H,6,9,14-20H2,1-3H3,(H,42,43)/b13-12+/t21-,23?,24-/m0/s1. The van der Waals surface area contributed by atoms with Crippen molar-refractivity contribution in [3.05, 3.63) is 64.8 Å². The van der Waals surface area contributed by atoms with Crippen molar-refractivity contribution in [1.29, 1.82) is 0 Å². The molecule has 0 saturated carbocycles. The minimum absolute atomic E-state index is 0.00916. The van der Waals surface area contributed by atoms with E-state index in [1.807, 2.05) is 26.1 Å². The Morgan fingerprint density at radius 2 is 1.95 bits per heavy atom. The number of likely N-dealkylation sites (N-methyl/N-ethyl adjacent to an activating group) is 2. The molecule has 0 spiro atoms. The molecular formula is C33H39ClN6O4. The highest BCUT2D eigenvalue weighted by molar-refractivity contribution is 6.36. The molecule has 3 aliphatic rings. The molecule has 2 saturated heterocycles. The van der Waals surface area contributed by atoms with Gasteiger partial charge in [0.05, 0.1) is 17.3 Å². The molecule has 1 amide bonds. The number of likely N-dealkylation sites (tertiary alicyclic amines) is 2. The van der Waals surface area contributed by atoms with E-state index in [2.05, 4.69) is 46.0 Å². The van der Waals surface area contributed by atoms with E-state index in [0.29, 0.717) is 31.7 Å². The summed E-state index contributed by atoms with van der Waals surface area (Å²) in [5.41, 5.74) is 3.09. The lowest BCUT2D eigenvalue weighted by molar-refractivity contribution is -0.132. The zero-order chi connectivity index (χ0) is 31.0. The molecule has 1 unspecified atom stereocenters. The quantitative estimate of drug-likeness (QED) is 0.368. The average Bonchev–Trinajstić information content (AvgIpc) is 3.62. The first-order valence-corrected chi connectivity index (χ1v) is 15.7. The van der Waals surface area contributed by atoms with Gasteiger partial charge in [-0.3, -0.25) is 4.79 Å². The fraction of sp³-hybridized carbons (Fsp3) is 0.455. The van der Waals surface area contributed by atoms with Crippen LogP contribution in [0.3, 0.4) is 0 Å². The molecule has 0 bridgehead atoms. The lowest BCUT2D eigenvalue weighted by Crippen LogP contribution is -2.39. The highest BCUT2D eigenvalue weighted by atomic mass is 35.5.